The molecule has 0 aliphatic heterocycles. The summed E-state index contributed by atoms with van der Waals surface area (Å²) in [4.78, 5) is 12.2. The molecule has 4 nitrogen and oxygen atoms in total. The predicted molar refractivity (Wildman–Crippen MR) is 78.1 cm³/mol. The first-order valence-electron chi connectivity index (χ1n) is 6.16. The van der Waals surface area contributed by atoms with Gasteiger partial charge in [-0.3, -0.25) is 10.6 Å². The van der Waals surface area contributed by atoms with Crippen molar-refractivity contribution in [3.63, 3.8) is 0 Å². The number of amides is 1. The lowest BCUT2D eigenvalue weighted by molar-refractivity contribution is 0.102. The molecule has 0 atom stereocenters. The molecule has 0 saturated carbocycles. The van der Waals surface area contributed by atoms with Crippen LogP contribution in [0.3, 0.4) is 0 Å². The van der Waals surface area contributed by atoms with E-state index in [0.717, 1.165) is 5.56 Å². The number of hydrogen-bond donors (Lipinski definition) is 3. The van der Waals surface area contributed by atoms with Gasteiger partial charge in [0.15, 0.2) is 0 Å². The van der Waals surface area contributed by atoms with E-state index in [-0.39, 0.29) is 11.7 Å². The third-order valence-corrected chi connectivity index (χ3v) is 2.99. The summed E-state index contributed by atoms with van der Waals surface area (Å²) < 4.78 is 13.2. The molecule has 0 aromatic heterocycles. The van der Waals surface area contributed by atoms with E-state index in [0.29, 0.717) is 22.5 Å². The first-order chi connectivity index (χ1) is 9.51. The van der Waals surface area contributed by atoms with Gasteiger partial charge in [-0.25, -0.2) is 4.39 Å². The maximum Gasteiger partial charge on any atom is 0.257 e. The summed E-state index contributed by atoms with van der Waals surface area (Å²) in [5, 5.41) is 2.73. The Morgan fingerprint density at radius 1 is 1.15 bits per heavy atom. The van der Waals surface area contributed by atoms with Crippen LogP contribution in [0.25, 0.3) is 0 Å². The summed E-state index contributed by atoms with van der Waals surface area (Å²) in [6, 6.07) is 9.75. The largest absolute Gasteiger partial charge is 0.323 e. The van der Waals surface area contributed by atoms with Crippen LogP contribution in [0.5, 0.6) is 0 Å². The molecule has 2 aromatic rings. The highest BCUT2D eigenvalue weighted by molar-refractivity contribution is 6.08. The topological polar surface area (TPSA) is 67.1 Å². The van der Waals surface area contributed by atoms with Gasteiger partial charge in [0.1, 0.15) is 5.82 Å². The second-order valence-corrected chi connectivity index (χ2v) is 4.61. The summed E-state index contributed by atoms with van der Waals surface area (Å²) in [6.45, 7) is 3.53. The highest BCUT2D eigenvalue weighted by atomic mass is 19.1. The highest BCUT2D eigenvalue weighted by Crippen LogP contribution is 2.19. The molecule has 104 valence electrons. The van der Waals surface area contributed by atoms with Crippen molar-refractivity contribution in [1.29, 1.82) is 0 Å². The number of rotatable bonds is 3. The molecule has 5 heteroatoms. The molecule has 0 unspecified atom stereocenters. The van der Waals surface area contributed by atoms with Crippen LogP contribution in [0.1, 0.15) is 21.5 Å². The first-order valence-corrected chi connectivity index (χ1v) is 6.16. The van der Waals surface area contributed by atoms with Gasteiger partial charge in [-0.2, -0.15) is 0 Å². The van der Waals surface area contributed by atoms with Crippen LogP contribution < -0.4 is 16.6 Å². The number of hydrazine groups is 1. The van der Waals surface area contributed by atoms with Crippen molar-refractivity contribution in [1.82, 2.24) is 0 Å². The molecule has 0 aliphatic rings. The third kappa shape index (κ3) is 2.95. The Labute approximate surface area is 116 Å². The summed E-state index contributed by atoms with van der Waals surface area (Å²) in [7, 11) is 0. The summed E-state index contributed by atoms with van der Waals surface area (Å²) >= 11 is 0. The Morgan fingerprint density at radius 3 is 2.55 bits per heavy atom. The van der Waals surface area contributed by atoms with Crippen molar-refractivity contribution in [2.45, 2.75) is 13.8 Å². The van der Waals surface area contributed by atoms with E-state index in [1.54, 1.807) is 25.1 Å². The van der Waals surface area contributed by atoms with Crippen molar-refractivity contribution in [2.24, 2.45) is 5.84 Å². The van der Waals surface area contributed by atoms with E-state index in [1.807, 2.05) is 13.0 Å². The molecule has 2 rings (SSSR count). The van der Waals surface area contributed by atoms with Gasteiger partial charge in [0, 0.05) is 5.69 Å². The van der Waals surface area contributed by atoms with E-state index in [9.17, 15) is 9.18 Å². The highest BCUT2D eigenvalue weighted by Gasteiger charge is 2.12. The van der Waals surface area contributed by atoms with Crippen molar-refractivity contribution in [3.8, 4) is 0 Å². The molecule has 0 radical (unpaired) electrons. The van der Waals surface area contributed by atoms with Crippen molar-refractivity contribution < 1.29 is 9.18 Å². The lowest BCUT2D eigenvalue weighted by atomic mass is 10.1. The molecule has 0 heterocycles. The Bertz CT molecular complexity index is 656. The smallest absolute Gasteiger partial charge is 0.257 e. The van der Waals surface area contributed by atoms with Gasteiger partial charge < -0.3 is 10.7 Å². The minimum absolute atomic E-state index is 0.298. The SMILES string of the molecule is Cc1ccc(NN)c(C(=O)Nc2ccc(F)c(C)c2)c1. The van der Waals surface area contributed by atoms with Crippen molar-refractivity contribution in [3.05, 3.63) is 58.9 Å². The Morgan fingerprint density at radius 2 is 1.90 bits per heavy atom. The maximum atomic E-state index is 13.2. The predicted octanol–water partition coefficient (Wildman–Crippen LogP) is 2.98. The van der Waals surface area contributed by atoms with Gasteiger partial charge in [0.05, 0.1) is 11.3 Å². The van der Waals surface area contributed by atoms with E-state index in [4.69, 9.17) is 5.84 Å². The molecule has 0 saturated heterocycles. The van der Waals surface area contributed by atoms with Crippen LogP contribution in [0.15, 0.2) is 36.4 Å². The average Bonchev–Trinajstić information content (AvgIpc) is 2.43. The van der Waals surface area contributed by atoms with Gasteiger partial charge in [-0.05, 0) is 49.7 Å². The molecule has 0 aliphatic carbocycles. The number of benzene rings is 2. The van der Waals surface area contributed by atoms with Crippen molar-refractivity contribution >= 4 is 17.3 Å². The number of nitrogens with two attached hydrogens (primary N) is 1. The normalized spacial score (nSPS) is 10.2. The third-order valence-electron chi connectivity index (χ3n) is 2.99. The van der Waals surface area contributed by atoms with Crippen LogP contribution in [0.2, 0.25) is 0 Å². The minimum Gasteiger partial charge on any atom is -0.323 e. The Kier molecular flexibility index (Phi) is 4.00. The molecule has 20 heavy (non-hydrogen) atoms. The maximum absolute atomic E-state index is 13.2. The molecular weight excluding hydrogens is 257 g/mol. The van der Waals surface area contributed by atoms with Crippen LogP contribution in [0.4, 0.5) is 15.8 Å². The molecule has 0 bridgehead atoms. The van der Waals surface area contributed by atoms with Gasteiger partial charge >= 0.3 is 0 Å². The standard InChI is InChI=1S/C15H16FN3O/c1-9-3-6-14(19-17)12(7-9)15(20)18-11-4-5-13(16)10(2)8-11/h3-8,19H,17H2,1-2H3,(H,18,20). The van der Waals surface area contributed by atoms with E-state index < -0.39 is 0 Å². The quantitative estimate of drug-likeness (QED) is 0.595. The monoisotopic (exact) mass is 273 g/mol. The fourth-order valence-corrected chi connectivity index (χ4v) is 1.89. The number of carbonyl (C=O) groups excluding carboxylic acids is 1. The number of aryl methyl sites for hydroxylation is 2. The van der Waals surface area contributed by atoms with Gasteiger partial charge in [0.2, 0.25) is 0 Å². The molecule has 0 fully saturated rings. The van der Waals surface area contributed by atoms with Crippen molar-refractivity contribution in [2.75, 3.05) is 10.7 Å². The lowest BCUT2D eigenvalue weighted by Gasteiger charge is -2.11. The second kappa shape index (κ2) is 5.71. The number of anilines is 2. The summed E-state index contributed by atoms with van der Waals surface area (Å²) in [6.07, 6.45) is 0. The van der Waals surface area contributed by atoms with E-state index in [1.165, 1.54) is 12.1 Å². The number of hydrogen-bond acceptors (Lipinski definition) is 3. The van der Waals surface area contributed by atoms with Gasteiger partial charge in [0.25, 0.3) is 5.91 Å². The Balaban J connectivity index is 2.27. The number of nitrogen functional groups attached to an aromatic ring is 1. The van der Waals surface area contributed by atoms with E-state index in [2.05, 4.69) is 10.7 Å². The van der Waals surface area contributed by atoms with Crippen LogP contribution >= 0.6 is 0 Å². The second-order valence-electron chi connectivity index (χ2n) is 4.61. The van der Waals surface area contributed by atoms with Crippen LogP contribution in [0, 0.1) is 19.7 Å². The lowest BCUT2D eigenvalue weighted by Crippen LogP contribution is -2.17. The van der Waals surface area contributed by atoms with Crippen LogP contribution in [-0.2, 0) is 0 Å². The fraction of sp³-hybridized carbons (Fsp3) is 0.133. The minimum atomic E-state index is -0.303. The number of carbonyl (C=O) groups is 1. The number of nitrogens with one attached hydrogen (secondary N) is 2. The molecule has 1 amide bonds. The zero-order valence-electron chi connectivity index (χ0n) is 11.3. The number of halogens is 1. The van der Waals surface area contributed by atoms with Gasteiger partial charge in [-0.1, -0.05) is 11.6 Å². The summed E-state index contributed by atoms with van der Waals surface area (Å²) in [5.41, 5.74) is 5.43. The average molecular weight is 273 g/mol. The molecule has 0 spiro atoms. The van der Waals surface area contributed by atoms with E-state index >= 15 is 0 Å². The molecule has 2 aromatic carbocycles. The fourth-order valence-electron chi connectivity index (χ4n) is 1.89. The Hall–Kier alpha value is -2.40. The van der Waals surface area contributed by atoms with Crippen LogP contribution in [-0.4, -0.2) is 5.91 Å². The summed E-state index contributed by atoms with van der Waals surface area (Å²) in [5.74, 6) is 4.79. The molecular formula is C15H16FN3O. The zero-order valence-corrected chi connectivity index (χ0v) is 11.3. The molecule has 4 N–H and O–H groups in total. The van der Waals surface area contributed by atoms with Gasteiger partial charge in [-0.15, -0.1) is 0 Å². The first kappa shape index (κ1) is 14.0. The zero-order chi connectivity index (χ0) is 14.7.